The van der Waals surface area contributed by atoms with E-state index in [1.165, 1.54) is 6.92 Å². The fourth-order valence-electron chi connectivity index (χ4n) is 0.818. The van der Waals surface area contributed by atoms with Gasteiger partial charge in [0.2, 0.25) is 0 Å². The summed E-state index contributed by atoms with van der Waals surface area (Å²) in [4.78, 5) is 22.4. The van der Waals surface area contributed by atoms with Crippen LogP contribution in [0, 0.1) is 33.3 Å². The Balaban J connectivity index is 0.00000169. The van der Waals surface area contributed by atoms with Gasteiger partial charge in [-0.2, -0.15) is 0 Å². The predicted molar refractivity (Wildman–Crippen MR) is 41.1 cm³/mol. The average Bonchev–Trinajstić information content (AvgIpc) is 2.03. The van der Waals surface area contributed by atoms with Gasteiger partial charge >= 0.3 is 0 Å². The van der Waals surface area contributed by atoms with E-state index in [4.69, 9.17) is 0 Å². The second-order valence-electron chi connectivity index (χ2n) is 2.24. The summed E-state index contributed by atoms with van der Waals surface area (Å²) >= 11 is 0. The first-order chi connectivity index (χ1) is 6.04. The molecule has 1 aromatic heterocycles. The van der Waals surface area contributed by atoms with Gasteiger partial charge < -0.3 is 4.98 Å². The van der Waals surface area contributed by atoms with Gasteiger partial charge in [0.05, 0.1) is 0 Å². The molecular formula is C6H4N3O4Y-. The fourth-order valence-corrected chi connectivity index (χ4v) is 0.818. The minimum atomic E-state index is -0.755. The first kappa shape index (κ1) is 13.1. The number of pyridine rings is 1. The Kier molecular flexibility index (Phi) is 4.72. The molecule has 0 spiro atoms. The Hall–Kier alpha value is -0.946. The molecule has 0 atom stereocenters. The summed E-state index contributed by atoms with van der Waals surface area (Å²) in [6.45, 7) is 1.29. The summed E-state index contributed by atoms with van der Waals surface area (Å²) in [5, 5.41) is 20.6. The molecule has 0 aromatic carbocycles. The van der Waals surface area contributed by atoms with E-state index in [2.05, 4.69) is 11.2 Å². The van der Waals surface area contributed by atoms with Gasteiger partial charge in [-0.15, -0.1) is 0 Å². The van der Waals surface area contributed by atoms with Crippen molar-refractivity contribution in [3.05, 3.63) is 38.2 Å². The van der Waals surface area contributed by atoms with E-state index in [1.54, 1.807) is 0 Å². The molecular weight excluding hydrogens is 267 g/mol. The van der Waals surface area contributed by atoms with Gasteiger partial charge in [0, 0.05) is 48.8 Å². The minimum Gasteiger partial charge on any atom is -0.381 e. The molecule has 0 amide bonds. The molecule has 0 N–H and O–H groups in total. The van der Waals surface area contributed by atoms with Gasteiger partial charge in [-0.05, 0) is 11.8 Å². The van der Waals surface area contributed by atoms with Crippen LogP contribution in [0.5, 0.6) is 0 Å². The van der Waals surface area contributed by atoms with Crippen molar-refractivity contribution >= 4 is 11.4 Å². The van der Waals surface area contributed by atoms with Crippen LogP contribution in [-0.2, 0) is 32.7 Å². The zero-order valence-corrected chi connectivity index (χ0v) is 9.97. The van der Waals surface area contributed by atoms with Crippen molar-refractivity contribution < 1.29 is 42.6 Å². The number of hydrogen-bond donors (Lipinski definition) is 0. The number of hydrogen-bond acceptors (Lipinski definition) is 5. The van der Waals surface area contributed by atoms with Crippen LogP contribution in [0.3, 0.4) is 0 Å². The van der Waals surface area contributed by atoms with Crippen LogP contribution in [0.1, 0.15) is 5.56 Å². The second kappa shape index (κ2) is 5.06. The second-order valence-corrected chi connectivity index (χ2v) is 2.24. The van der Waals surface area contributed by atoms with E-state index in [0.29, 0.717) is 0 Å². The predicted octanol–water partition coefficient (Wildman–Crippen LogP) is 1.00. The zero-order valence-electron chi connectivity index (χ0n) is 7.13. The molecule has 71 valence electrons. The zero-order chi connectivity index (χ0) is 10.0. The maximum atomic E-state index is 10.3. The summed E-state index contributed by atoms with van der Waals surface area (Å²) in [6.07, 6.45) is 3.01. The van der Waals surface area contributed by atoms with Gasteiger partial charge in [-0.25, -0.2) is 0 Å². The fraction of sp³-hybridized carbons (Fsp3) is 0.167. The Bertz CT molecular complexity index is 349. The van der Waals surface area contributed by atoms with Gasteiger partial charge in [-0.1, -0.05) is 6.92 Å². The molecule has 0 saturated heterocycles. The average molecular weight is 271 g/mol. The van der Waals surface area contributed by atoms with Crippen LogP contribution in [0.25, 0.3) is 0 Å². The molecule has 7 nitrogen and oxygen atoms in total. The molecule has 0 aliphatic heterocycles. The van der Waals surface area contributed by atoms with Crippen molar-refractivity contribution in [1.82, 2.24) is 4.98 Å². The van der Waals surface area contributed by atoms with E-state index < -0.39 is 15.5 Å². The molecule has 1 aromatic rings. The van der Waals surface area contributed by atoms with Crippen molar-refractivity contribution in [3.63, 3.8) is 0 Å². The van der Waals surface area contributed by atoms with Crippen molar-refractivity contribution in [1.29, 1.82) is 0 Å². The van der Waals surface area contributed by atoms with Crippen molar-refractivity contribution in [2.45, 2.75) is 6.92 Å². The van der Waals surface area contributed by atoms with Crippen LogP contribution >= 0.6 is 0 Å². The number of rotatable bonds is 2. The maximum Gasteiger partial charge on any atom is 0.193 e. The third-order valence-corrected chi connectivity index (χ3v) is 1.48. The largest absolute Gasteiger partial charge is 0.381 e. The molecule has 0 unspecified atom stereocenters. The molecule has 0 saturated carbocycles. The summed E-state index contributed by atoms with van der Waals surface area (Å²) in [5.74, 6) is 0. The van der Waals surface area contributed by atoms with E-state index in [9.17, 15) is 20.2 Å². The summed E-state index contributed by atoms with van der Waals surface area (Å²) in [7, 11) is 0. The van der Waals surface area contributed by atoms with Gasteiger partial charge in [0.1, 0.15) is 0 Å². The Morgan fingerprint density at radius 2 is 1.93 bits per heavy atom. The number of nitro groups is 2. The van der Waals surface area contributed by atoms with Crippen LogP contribution in [0.4, 0.5) is 11.4 Å². The van der Waals surface area contributed by atoms with Crippen molar-refractivity contribution in [2.24, 2.45) is 0 Å². The minimum absolute atomic E-state index is 0. The number of nitrogens with zero attached hydrogens (tertiary/aromatic N) is 3. The first-order valence-corrected chi connectivity index (χ1v) is 3.20. The third-order valence-electron chi connectivity index (χ3n) is 1.48. The van der Waals surface area contributed by atoms with Crippen LogP contribution in [0.15, 0.2) is 6.20 Å². The Morgan fingerprint density at radius 1 is 1.36 bits per heavy atom. The smallest absolute Gasteiger partial charge is 0.193 e. The van der Waals surface area contributed by atoms with Crippen LogP contribution < -0.4 is 0 Å². The number of aromatic nitrogens is 1. The molecule has 0 fully saturated rings. The first-order valence-electron chi connectivity index (χ1n) is 3.20. The topological polar surface area (TPSA) is 99.2 Å². The maximum absolute atomic E-state index is 10.3. The summed E-state index contributed by atoms with van der Waals surface area (Å²) in [5.41, 5.74) is -0.871. The molecule has 0 aliphatic carbocycles. The molecule has 0 bridgehead atoms. The Labute approximate surface area is 104 Å². The van der Waals surface area contributed by atoms with E-state index >= 15 is 0 Å². The van der Waals surface area contributed by atoms with Crippen molar-refractivity contribution in [2.75, 3.05) is 0 Å². The van der Waals surface area contributed by atoms with Crippen LogP contribution in [0.2, 0.25) is 0 Å². The Morgan fingerprint density at radius 3 is 2.36 bits per heavy atom. The molecule has 8 heteroatoms. The molecule has 0 aliphatic rings. The van der Waals surface area contributed by atoms with Crippen molar-refractivity contribution in [3.8, 4) is 0 Å². The van der Waals surface area contributed by atoms with Gasteiger partial charge in [0.25, 0.3) is 0 Å². The van der Waals surface area contributed by atoms with E-state index in [-0.39, 0.29) is 44.0 Å². The normalized spacial score (nSPS) is 8.93. The third kappa shape index (κ3) is 2.52. The van der Waals surface area contributed by atoms with Gasteiger partial charge in [-0.3, -0.25) is 20.2 Å². The SMILES string of the molecule is Cc1c([N+](=O)[O-])[c-]ncc1[N+](=O)[O-].[Y]. The molecule has 14 heavy (non-hydrogen) atoms. The summed E-state index contributed by atoms with van der Waals surface area (Å²) in [6, 6.07) is 0. The van der Waals surface area contributed by atoms with E-state index in [1.807, 2.05) is 0 Å². The van der Waals surface area contributed by atoms with E-state index in [0.717, 1.165) is 6.20 Å². The van der Waals surface area contributed by atoms with Crippen LogP contribution in [-0.4, -0.2) is 14.8 Å². The quantitative estimate of drug-likeness (QED) is 0.454. The standard InChI is InChI=1S/C6H4N3O4.Y/c1-4-5(8(10)11)2-7-3-6(4)9(12)13;/h2H,1H3;/q-1;. The monoisotopic (exact) mass is 271 g/mol. The molecule has 1 heterocycles. The van der Waals surface area contributed by atoms with Gasteiger partial charge in [0.15, 0.2) is 11.4 Å². The summed E-state index contributed by atoms with van der Waals surface area (Å²) < 4.78 is 0. The molecule has 1 rings (SSSR count). The molecule has 1 radical (unpaired) electrons.